The second kappa shape index (κ2) is 9.79. The van der Waals surface area contributed by atoms with Crippen LogP contribution in [0, 0.1) is 0 Å². The normalized spacial score (nSPS) is 17.1. The molecule has 114 valence electrons. The van der Waals surface area contributed by atoms with Gasteiger partial charge in [-0.1, -0.05) is 19.8 Å². The van der Waals surface area contributed by atoms with Crippen molar-refractivity contribution in [3.05, 3.63) is 0 Å². The van der Waals surface area contributed by atoms with Crippen LogP contribution in [0.2, 0.25) is 0 Å². The fourth-order valence-corrected chi connectivity index (χ4v) is 2.68. The topological polar surface area (TPSA) is 70.6 Å². The Morgan fingerprint density at radius 3 is 2.42 bits per heavy atom. The van der Waals surface area contributed by atoms with Crippen LogP contribution in [0.3, 0.4) is 0 Å². The number of nitrogens with zero attached hydrogens (tertiary/aromatic N) is 1. The highest BCUT2D eigenvalue weighted by atomic mass is 127. The van der Waals surface area contributed by atoms with Gasteiger partial charge in [0.05, 0.1) is 12.3 Å². The maximum Gasteiger partial charge on any atom is 0.191 e. The molecule has 1 aliphatic carbocycles. The molecule has 0 unspecified atom stereocenters. The highest BCUT2D eigenvalue weighted by molar-refractivity contribution is 14.0. The van der Waals surface area contributed by atoms with Gasteiger partial charge >= 0.3 is 0 Å². The van der Waals surface area contributed by atoms with E-state index in [0.29, 0.717) is 12.6 Å². The largest absolute Gasteiger partial charge is 0.357 e. The first kappa shape index (κ1) is 18.9. The molecule has 0 aromatic heterocycles. The van der Waals surface area contributed by atoms with Crippen molar-refractivity contribution >= 4 is 39.8 Å². The summed E-state index contributed by atoms with van der Waals surface area (Å²) in [4.78, 5) is 4.33. The zero-order valence-corrected chi connectivity index (χ0v) is 15.0. The first-order chi connectivity index (χ1) is 8.57. The van der Waals surface area contributed by atoms with Gasteiger partial charge in [0.1, 0.15) is 0 Å². The molecule has 5 nitrogen and oxygen atoms in total. The van der Waals surface area contributed by atoms with Crippen molar-refractivity contribution in [3.8, 4) is 0 Å². The van der Waals surface area contributed by atoms with Crippen LogP contribution in [0.4, 0.5) is 0 Å². The maximum atomic E-state index is 11.4. The number of halogens is 1. The molecule has 1 fully saturated rings. The van der Waals surface area contributed by atoms with Crippen LogP contribution in [0.15, 0.2) is 4.99 Å². The summed E-state index contributed by atoms with van der Waals surface area (Å²) in [5.74, 6) is 1.07. The molecule has 0 spiro atoms. The van der Waals surface area contributed by atoms with E-state index < -0.39 is 9.84 Å². The predicted octanol–water partition coefficient (Wildman–Crippen LogP) is 1.54. The van der Waals surface area contributed by atoms with Crippen LogP contribution in [0.25, 0.3) is 0 Å². The zero-order valence-electron chi connectivity index (χ0n) is 11.8. The molecule has 7 heteroatoms. The van der Waals surface area contributed by atoms with Crippen LogP contribution >= 0.6 is 24.0 Å². The van der Waals surface area contributed by atoms with Gasteiger partial charge in [-0.05, 0) is 19.8 Å². The van der Waals surface area contributed by atoms with Crippen LogP contribution in [0.5, 0.6) is 0 Å². The van der Waals surface area contributed by atoms with Crippen molar-refractivity contribution in [2.45, 2.75) is 45.6 Å². The molecule has 0 radical (unpaired) electrons. The van der Waals surface area contributed by atoms with Crippen molar-refractivity contribution in [2.24, 2.45) is 4.99 Å². The SMILES string of the molecule is CCNC(=NCCS(=O)(=O)CC)NC1CCCC1.I. The lowest BCUT2D eigenvalue weighted by Gasteiger charge is -2.16. The van der Waals surface area contributed by atoms with Gasteiger partial charge in [-0.15, -0.1) is 24.0 Å². The predicted molar refractivity (Wildman–Crippen MR) is 91.1 cm³/mol. The number of rotatable bonds is 6. The van der Waals surface area contributed by atoms with Crippen molar-refractivity contribution in [1.82, 2.24) is 10.6 Å². The van der Waals surface area contributed by atoms with E-state index in [2.05, 4.69) is 15.6 Å². The summed E-state index contributed by atoms with van der Waals surface area (Å²) in [5.41, 5.74) is 0. The van der Waals surface area contributed by atoms with Gasteiger partial charge in [-0.3, -0.25) is 4.99 Å². The van der Waals surface area contributed by atoms with E-state index in [4.69, 9.17) is 0 Å². The van der Waals surface area contributed by atoms with E-state index in [-0.39, 0.29) is 35.5 Å². The summed E-state index contributed by atoms with van der Waals surface area (Å²) in [6.45, 7) is 4.80. The quantitative estimate of drug-likeness (QED) is 0.401. The lowest BCUT2D eigenvalue weighted by Crippen LogP contribution is -2.42. The molecule has 0 atom stereocenters. The molecule has 0 aromatic rings. The number of guanidine groups is 1. The Morgan fingerprint density at radius 1 is 1.26 bits per heavy atom. The Morgan fingerprint density at radius 2 is 1.89 bits per heavy atom. The lowest BCUT2D eigenvalue weighted by atomic mass is 10.2. The second-order valence-corrected chi connectivity index (χ2v) is 7.10. The molecule has 2 N–H and O–H groups in total. The maximum absolute atomic E-state index is 11.4. The summed E-state index contributed by atoms with van der Waals surface area (Å²) in [7, 11) is -2.92. The Kier molecular flexibility index (Phi) is 9.77. The van der Waals surface area contributed by atoms with Crippen LogP contribution in [-0.4, -0.2) is 45.0 Å². The Labute approximate surface area is 134 Å². The zero-order chi connectivity index (χ0) is 13.4. The highest BCUT2D eigenvalue weighted by Crippen LogP contribution is 2.17. The van der Waals surface area contributed by atoms with Crippen molar-refractivity contribution in [2.75, 3.05) is 24.6 Å². The molecule has 19 heavy (non-hydrogen) atoms. The molecule has 1 saturated carbocycles. The average molecular weight is 403 g/mol. The lowest BCUT2D eigenvalue weighted by molar-refractivity contribution is 0.596. The molecule has 0 saturated heterocycles. The third-order valence-electron chi connectivity index (χ3n) is 3.15. The van der Waals surface area contributed by atoms with Crippen LogP contribution < -0.4 is 10.6 Å². The molecule has 0 aromatic carbocycles. The smallest absolute Gasteiger partial charge is 0.191 e. The number of aliphatic imine (C=N–C) groups is 1. The summed E-state index contributed by atoms with van der Waals surface area (Å²) in [6.07, 6.45) is 4.89. The Bertz CT molecular complexity index is 365. The molecule has 0 heterocycles. The van der Waals surface area contributed by atoms with Gasteiger partial charge in [0.2, 0.25) is 0 Å². The van der Waals surface area contributed by atoms with Gasteiger partial charge in [0.25, 0.3) is 0 Å². The minimum atomic E-state index is -2.92. The fourth-order valence-electron chi connectivity index (χ4n) is 2.02. The van der Waals surface area contributed by atoms with Crippen LogP contribution in [-0.2, 0) is 9.84 Å². The van der Waals surface area contributed by atoms with E-state index in [1.54, 1.807) is 6.92 Å². The third-order valence-corrected chi connectivity index (χ3v) is 4.84. The Balaban J connectivity index is 0.00000324. The molecule has 1 aliphatic rings. The average Bonchev–Trinajstić information content (AvgIpc) is 2.82. The van der Waals surface area contributed by atoms with E-state index in [0.717, 1.165) is 12.5 Å². The van der Waals surface area contributed by atoms with E-state index in [9.17, 15) is 8.42 Å². The molecule has 1 rings (SSSR count). The standard InChI is InChI=1S/C12H25N3O2S.HI/c1-3-13-12(15-11-7-5-6-8-11)14-9-10-18(16,17)4-2;/h11H,3-10H2,1-2H3,(H2,13,14,15);1H. The van der Waals surface area contributed by atoms with E-state index in [1.807, 2.05) is 6.92 Å². The molecule has 0 aliphatic heterocycles. The van der Waals surface area contributed by atoms with Crippen LogP contribution in [0.1, 0.15) is 39.5 Å². The number of nitrogens with one attached hydrogen (secondary N) is 2. The molecular weight excluding hydrogens is 377 g/mol. The monoisotopic (exact) mass is 403 g/mol. The number of hydrogen-bond acceptors (Lipinski definition) is 3. The summed E-state index contributed by atoms with van der Waals surface area (Å²) >= 11 is 0. The van der Waals surface area contributed by atoms with Gasteiger partial charge in [-0.25, -0.2) is 8.42 Å². The van der Waals surface area contributed by atoms with Gasteiger partial charge in [-0.2, -0.15) is 0 Å². The van der Waals surface area contributed by atoms with Gasteiger partial charge < -0.3 is 10.6 Å². The minimum absolute atomic E-state index is 0. The minimum Gasteiger partial charge on any atom is -0.357 e. The molecular formula is C12H26IN3O2S. The highest BCUT2D eigenvalue weighted by Gasteiger charge is 2.15. The summed E-state index contributed by atoms with van der Waals surface area (Å²) in [5, 5.41) is 6.52. The summed E-state index contributed by atoms with van der Waals surface area (Å²) in [6, 6.07) is 0.491. The van der Waals surface area contributed by atoms with E-state index >= 15 is 0 Å². The van der Waals surface area contributed by atoms with Gasteiger partial charge in [0, 0.05) is 18.3 Å². The number of sulfone groups is 1. The summed E-state index contributed by atoms with van der Waals surface area (Å²) < 4.78 is 22.7. The first-order valence-corrected chi connectivity index (χ1v) is 8.64. The Hall–Kier alpha value is -0.0500. The van der Waals surface area contributed by atoms with Crippen molar-refractivity contribution in [1.29, 1.82) is 0 Å². The van der Waals surface area contributed by atoms with Crippen molar-refractivity contribution in [3.63, 3.8) is 0 Å². The number of hydrogen-bond donors (Lipinski definition) is 2. The molecule has 0 bridgehead atoms. The van der Waals surface area contributed by atoms with Gasteiger partial charge in [0.15, 0.2) is 15.8 Å². The molecule has 0 amide bonds. The van der Waals surface area contributed by atoms with E-state index in [1.165, 1.54) is 25.7 Å². The fraction of sp³-hybridized carbons (Fsp3) is 0.917. The second-order valence-electron chi connectivity index (χ2n) is 4.62. The third kappa shape index (κ3) is 7.96. The first-order valence-electron chi connectivity index (χ1n) is 6.82. The van der Waals surface area contributed by atoms with Crippen molar-refractivity contribution < 1.29 is 8.42 Å².